The van der Waals surface area contributed by atoms with Crippen molar-refractivity contribution in [1.82, 2.24) is 24.6 Å². The summed E-state index contributed by atoms with van der Waals surface area (Å²) in [5, 5.41) is 4.09. The van der Waals surface area contributed by atoms with Gasteiger partial charge in [0.25, 0.3) is 0 Å². The van der Waals surface area contributed by atoms with Gasteiger partial charge in [-0.1, -0.05) is 0 Å². The predicted molar refractivity (Wildman–Crippen MR) is 77.3 cm³/mol. The van der Waals surface area contributed by atoms with Gasteiger partial charge < -0.3 is 4.74 Å². The predicted octanol–water partition coefficient (Wildman–Crippen LogP) is 1.63. The molecule has 106 valence electrons. The molecule has 1 saturated heterocycles. The molecule has 0 aliphatic carbocycles. The Bertz CT molecular complexity index is 588. The zero-order valence-electron chi connectivity index (χ0n) is 11.2. The Kier molecular flexibility index (Phi) is 3.98. The summed E-state index contributed by atoms with van der Waals surface area (Å²) in [6, 6.07) is 1.88. The maximum atomic E-state index is 6.01. The first-order chi connectivity index (χ1) is 9.72. The van der Waals surface area contributed by atoms with Crippen LogP contribution < -0.4 is 4.74 Å². The second-order valence-corrected chi connectivity index (χ2v) is 5.72. The number of hydrogen-bond acceptors (Lipinski definition) is 5. The normalized spacial score (nSPS) is 19.4. The maximum absolute atomic E-state index is 6.01. The van der Waals surface area contributed by atoms with E-state index < -0.39 is 0 Å². The Morgan fingerprint density at radius 2 is 2.40 bits per heavy atom. The number of rotatable bonds is 4. The van der Waals surface area contributed by atoms with Crippen molar-refractivity contribution in [1.29, 1.82) is 0 Å². The molecular weight excluding hydrogens is 322 g/mol. The molecule has 0 radical (unpaired) electrons. The van der Waals surface area contributed by atoms with Gasteiger partial charge in [0.1, 0.15) is 24.0 Å². The van der Waals surface area contributed by atoms with Crippen LogP contribution in [0, 0.1) is 0 Å². The summed E-state index contributed by atoms with van der Waals surface area (Å²) in [7, 11) is 1.92. The third-order valence-electron chi connectivity index (χ3n) is 3.43. The van der Waals surface area contributed by atoms with Crippen LogP contribution in [-0.2, 0) is 13.6 Å². The maximum Gasteiger partial charge on any atom is 0.140 e. The molecule has 3 rings (SSSR count). The third kappa shape index (κ3) is 2.99. The smallest absolute Gasteiger partial charge is 0.140 e. The second-order valence-electron chi connectivity index (χ2n) is 4.87. The van der Waals surface area contributed by atoms with Crippen molar-refractivity contribution in [2.24, 2.45) is 7.05 Å². The fourth-order valence-corrected chi connectivity index (χ4v) is 2.68. The van der Waals surface area contributed by atoms with Crippen LogP contribution >= 0.6 is 15.9 Å². The summed E-state index contributed by atoms with van der Waals surface area (Å²) >= 11 is 3.45. The Labute approximate surface area is 125 Å². The van der Waals surface area contributed by atoms with E-state index in [-0.39, 0.29) is 6.10 Å². The highest BCUT2D eigenvalue weighted by molar-refractivity contribution is 9.10. The second kappa shape index (κ2) is 5.88. The molecule has 1 aliphatic heterocycles. The lowest BCUT2D eigenvalue weighted by Gasteiger charge is -2.16. The number of ether oxygens (including phenoxy) is 1. The molecule has 2 aromatic heterocycles. The molecule has 1 aliphatic rings. The molecule has 0 spiro atoms. The summed E-state index contributed by atoms with van der Waals surface area (Å²) in [4.78, 5) is 10.6. The third-order valence-corrected chi connectivity index (χ3v) is 4.02. The summed E-state index contributed by atoms with van der Waals surface area (Å²) < 4.78 is 8.72. The van der Waals surface area contributed by atoms with Gasteiger partial charge in [-0.15, -0.1) is 0 Å². The highest BCUT2D eigenvalue weighted by Gasteiger charge is 2.25. The number of aromatic nitrogens is 4. The van der Waals surface area contributed by atoms with Gasteiger partial charge in [-0.25, -0.2) is 4.98 Å². The van der Waals surface area contributed by atoms with Crippen LogP contribution in [-0.4, -0.2) is 43.8 Å². The van der Waals surface area contributed by atoms with Crippen LogP contribution in [0.4, 0.5) is 0 Å². The first-order valence-corrected chi connectivity index (χ1v) is 7.33. The summed E-state index contributed by atoms with van der Waals surface area (Å²) in [5.41, 5.74) is 0. The average molecular weight is 338 g/mol. The lowest BCUT2D eigenvalue weighted by atomic mass is 10.3. The minimum Gasteiger partial charge on any atom is -0.488 e. The number of nitrogens with zero attached hydrogens (tertiary/aromatic N) is 5. The molecule has 1 atom stereocenters. The van der Waals surface area contributed by atoms with Crippen molar-refractivity contribution in [2.75, 3.05) is 13.1 Å². The highest BCUT2D eigenvalue weighted by Crippen LogP contribution is 2.26. The lowest BCUT2D eigenvalue weighted by Crippen LogP contribution is -2.25. The van der Waals surface area contributed by atoms with Crippen LogP contribution in [0.15, 0.2) is 29.3 Å². The number of likely N-dealkylation sites (tertiary alicyclic amines) is 1. The number of aryl methyl sites for hydroxylation is 1. The van der Waals surface area contributed by atoms with E-state index in [1.165, 1.54) is 0 Å². The van der Waals surface area contributed by atoms with Crippen LogP contribution in [0.25, 0.3) is 0 Å². The Morgan fingerprint density at radius 1 is 1.50 bits per heavy atom. The molecule has 0 amide bonds. The Hall–Kier alpha value is -1.47. The molecule has 0 aromatic carbocycles. The topological polar surface area (TPSA) is 56.1 Å². The van der Waals surface area contributed by atoms with E-state index in [0.29, 0.717) is 0 Å². The van der Waals surface area contributed by atoms with Gasteiger partial charge in [-0.3, -0.25) is 14.6 Å². The molecule has 0 bridgehead atoms. The zero-order valence-corrected chi connectivity index (χ0v) is 12.8. The fraction of sp³-hybridized carbons (Fsp3) is 0.462. The van der Waals surface area contributed by atoms with Gasteiger partial charge in [0.15, 0.2) is 0 Å². The molecule has 1 unspecified atom stereocenters. The number of halogens is 1. The van der Waals surface area contributed by atoms with Crippen molar-refractivity contribution >= 4 is 15.9 Å². The van der Waals surface area contributed by atoms with Crippen LogP contribution in [0.5, 0.6) is 5.75 Å². The fourth-order valence-electron chi connectivity index (χ4n) is 2.34. The minimum absolute atomic E-state index is 0.210. The zero-order chi connectivity index (χ0) is 13.9. The summed E-state index contributed by atoms with van der Waals surface area (Å²) in [6.45, 7) is 2.73. The van der Waals surface area contributed by atoms with Crippen LogP contribution in [0.3, 0.4) is 0 Å². The van der Waals surface area contributed by atoms with Crippen molar-refractivity contribution < 1.29 is 4.74 Å². The molecule has 20 heavy (non-hydrogen) atoms. The largest absolute Gasteiger partial charge is 0.488 e. The molecule has 0 N–H and O–H groups in total. The van der Waals surface area contributed by atoms with E-state index in [9.17, 15) is 0 Å². The van der Waals surface area contributed by atoms with Gasteiger partial charge in [0.2, 0.25) is 0 Å². The van der Waals surface area contributed by atoms with E-state index in [4.69, 9.17) is 4.74 Å². The molecule has 0 saturated carbocycles. The van der Waals surface area contributed by atoms with Crippen molar-refractivity contribution in [3.8, 4) is 5.75 Å². The molecule has 3 heterocycles. The monoisotopic (exact) mass is 337 g/mol. The van der Waals surface area contributed by atoms with Gasteiger partial charge in [0, 0.05) is 32.5 Å². The van der Waals surface area contributed by atoms with E-state index in [1.807, 2.05) is 17.8 Å². The van der Waals surface area contributed by atoms with Crippen LogP contribution in [0.1, 0.15) is 12.2 Å². The van der Waals surface area contributed by atoms with Gasteiger partial charge in [-0.2, -0.15) is 5.10 Å². The molecule has 1 fully saturated rings. The van der Waals surface area contributed by atoms with Gasteiger partial charge in [-0.05, 0) is 28.4 Å². The quantitative estimate of drug-likeness (QED) is 0.848. The summed E-state index contributed by atoms with van der Waals surface area (Å²) in [5.74, 6) is 1.83. The van der Waals surface area contributed by atoms with E-state index in [0.717, 1.165) is 42.1 Å². The molecule has 7 heteroatoms. The first kappa shape index (κ1) is 13.5. The minimum atomic E-state index is 0.210. The van der Waals surface area contributed by atoms with Crippen LogP contribution in [0.2, 0.25) is 0 Å². The standard InChI is InChI=1S/C13H16BrN5O/c1-18-13(16-9-17-18)8-19-5-3-10(7-19)20-12-2-4-15-6-11(12)14/h2,4,6,9-10H,3,5,7-8H2,1H3. The van der Waals surface area contributed by atoms with Gasteiger partial charge >= 0.3 is 0 Å². The van der Waals surface area contributed by atoms with E-state index >= 15 is 0 Å². The number of hydrogen-bond donors (Lipinski definition) is 0. The van der Waals surface area contributed by atoms with Gasteiger partial charge in [0.05, 0.1) is 11.0 Å². The molecule has 6 nitrogen and oxygen atoms in total. The SMILES string of the molecule is Cn1ncnc1CN1CCC(Oc2ccncc2Br)C1. The molecular formula is C13H16BrN5O. The highest BCUT2D eigenvalue weighted by atomic mass is 79.9. The summed E-state index contributed by atoms with van der Waals surface area (Å²) in [6.07, 6.45) is 6.32. The Morgan fingerprint density at radius 3 is 3.15 bits per heavy atom. The van der Waals surface area contributed by atoms with Crippen molar-refractivity contribution in [3.63, 3.8) is 0 Å². The van der Waals surface area contributed by atoms with Crippen molar-refractivity contribution in [3.05, 3.63) is 35.1 Å². The average Bonchev–Trinajstić information content (AvgIpc) is 3.03. The first-order valence-electron chi connectivity index (χ1n) is 6.54. The Balaban J connectivity index is 1.57. The lowest BCUT2D eigenvalue weighted by molar-refractivity contribution is 0.195. The van der Waals surface area contributed by atoms with E-state index in [2.05, 4.69) is 35.9 Å². The van der Waals surface area contributed by atoms with Crippen molar-refractivity contribution in [2.45, 2.75) is 19.1 Å². The molecule has 2 aromatic rings. The number of pyridine rings is 1. The van der Waals surface area contributed by atoms with E-state index in [1.54, 1.807) is 18.7 Å².